The summed E-state index contributed by atoms with van der Waals surface area (Å²) < 4.78 is 29.5. The van der Waals surface area contributed by atoms with Crippen LogP contribution in [0.15, 0.2) is 48.5 Å². The lowest BCUT2D eigenvalue weighted by Gasteiger charge is -2.21. The van der Waals surface area contributed by atoms with E-state index in [1.807, 2.05) is 0 Å². The molecule has 1 amide bonds. The molecule has 0 aromatic heterocycles. The van der Waals surface area contributed by atoms with E-state index in [1.54, 1.807) is 0 Å². The molecule has 0 bridgehead atoms. The van der Waals surface area contributed by atoms with E-state index in [9.17, 15) is 28.1 Å². The van der Waals surface area contributed by atoms with Crippen LogP contribution in [0.1, 0.15) is 10.4 Å². The molecule has 0 aliphatic carbocycles. The van der Waals surface area contributed by atoms with Gasteiger partial charge in [0, 0.05) is 17.8 Å². The molecule has 0 aliphatic rings. The molecule has 28 heavy (non-hydrogen) atoms. The van der Waals surface area contributed by atoms with Gasteiger partial charge in [0.1, 0.15) is 6.54 Å². The first kappa shape index (κ1) is 20.8. The van der Waals surface area contributed by atoms with Crippen molar-refractivity contribution < 1.29 is 27.7 Å². The van der Waals surface area contributed by atoms with Gasteiger partial charge in [-0.1, -0.05) is 12.1 Å². The van der Waals surface area contributed by atoms with Crippen molar-refractivity contribution in [2.75, 3.05) is 29.5 Å². The van der Waals surface area contributed by atoms with Crippen LogP contribution in [0, 0.1) is 10.1 Å². The topological polar surface area (TPSA) is 136 Å². The van der Waals surface area contributed by atoms with E-state index < -0.39 is 33.4 Å². The number of sulfonamides is 1. The second-order valence-electron chi connectivity index (χ2n) is 5.67. The van der Waals surface area contributed by atoms with Crippen molar-refractivity contribution in [3.8, 4) is 0 Å². The van der Waals surface area contributed by atoms with Crippen LogP contribution < -0.4 is 9.62 Å². The van der Waals surface area contributed by atoms with E-state index in [4.69, 9.17) is 0 Å². The zero-order valence-electron chi connectivity index (χ0n) is 15.0. The lowest BCUT2D eigenvalue weighted by atomic mass is 10.2. The first-order valence-electron chi connectivity index (χ1n) is 7.82. The molecule has 1 N–H and O–H groups in total. The lowest BCUT2D eigenvalue weighted by Crippen LogP contribution is -2.37. The largest absolute Gasteiger partial charge is 0.465 e. The number of anilines is 2. The molecule has 148 valence electrons. The van der Waals surface area contributed by atoms with Gasteiger partial charge in [-0.05, 0) is 24.3 Å². The summed E-state index contributed by atoms with van der Waals surface area (Å²) in [5.74, 6) is -1.29. The third kappa shape index (κ3) is 5.27. The monoisotopic (exact) mass is 407 g/mol. The maximum Gasteiger partial charge on any atom is 0.337 e. The van der Waals surface area contributed by atoms with Gasteiger partial charge < -0.3 is 10.1 Å². The quantitative estimate of drug-likeness (QED) is 0.420. The molecule has 0 radical (unpaired) electrons. The molecule has 0 fully saturated rings. The summed E-state index contributed by atoms with van der Waals surface area (Å²) >= 11 is 0. The molecule has 2 aromatic carbocycles. The predicted molar refractivity (Wildman–Crippen MR) is 102 cm³/mol. The zero-order chi connectivity index (χ0) is 20.9. The van der Waals surface area contributed by atoms with E-state index in [0.29, 0.717) is 0 Å². The van der Waals surface area contributed by atoms with Gasteiger partial charge in [-0.3, -0.25) is 19.2 Å². The van der Waals surface area contributed by atoms with E-state index in [-0.39, 0.29) is 22.6 Å². The average molecular weight is 407 g/mol. The van der Waals surface area contributed by atoms with Crippen molar-refractivity contribution in [3.63, 3.8) is 0 Å². The molecule has 0 unspecified atom stereocenters. The minimum atomic E-state index is -3.90. The lowest BCUT2D eigenvalue weighted by molar-refractivity contribution is -0.384. The Morgan fingerprint density at radius 1 is 1.18 bits per heavy atom. The first-order chi connectivity index (χ1) is 13.1. The fourth-order valence-corrected chi connectivity index (χ4v) is 3.18. The van der Waals surface area contributed by atoms with E-state index in [2.05, 4.69) is 10.1 Å². The number of nitrogens with zero attached hydrogens (tertiary/aromatic N) is 2. The number of nitrogens with one attached hydrogen (secondary N) is 1. The SMILES string of the molecule is COC(=O)c1cccc(NC(=O)CN(c2cccc([N+](=O)[O-])c2)S(C)(=O)=O)c1. The number of carbonyl (C=O) groups is 2. The van der Waals surface area contributed by atoms with Crippen molar-refractivity contribution in [2.24, 2.45) is 0 Å². The number of non-ortho nitro benzene ring substituents is 1. The number of amides is 1. The van der Waals surface area contributed by atoms with Crippen LogP contribution in [0.25, 0.3) is 0 Å². The molecule has 2 rings (SSSR count). The highest BCUT2D eigenvalue weighted by Gasteiger charge is 2.22. The highest BCUT2D eigenvalue weighted by Crippen LogP contribution is 2.23. The van der Waals surface area contributed by atoms with E-state index in [0.717, 1.165) is 16.6 Å². The van der Waals surface area contributed by atoms with Gasteiger partial charge in [0.05, 0.1) is 29.5 Å². The fourth-order valence-electron chi connectivity index (χ4n) is 2.33. The molecular weight excluding hydrogens is 390 g/mol. The van der Waals surface area contributed by atoms with Crippen molar-refractivity contribution in [3.05, 3.63) is 64.2 Å². The Labute approximate surface area is 160 Å². The summed E-state index contributed by atoms with van der Waals surface area (Å²) in [7, 11) is -2.68. The normalized spacial score (nSPS) is 10.8. The Kier molecular flexibility index (Phi) is 6.31. The van der Waals surface area contributed by atoms with Crippen molar-refractivity contribution >= 4 is 39.0 Å². The average Bonchev–Trinajstić information content (AvgIpc) is 2.64. The van der Waals surface area contributed by atoms with Gasteiger partial charge in [0.25, 0.3) is 5.69 Å². The highest BCUT2D eigenvalue weighted by atomic mass is 32.2. The van der Waals surface area contributed by atoms with Crippen molar-refractivity contribution in [1.82, 2.24) is 0 Å². The summed E-state index contributed by atoms with van der Waals surface area (Å²) in [6.07, 6.45) is 0.886. The van der Waals surface area contributed by atoms with Crippen LogP contribution >= 0.6 is 0 Å². The Hall–Kier alpha value is -3.47. The summed E-state index contributed by atoms with van der Waals surface area (Å²) in [6, 6.07) is 10.9. The maximum absolute atomic E-state index is 12.3. The van der Waals surface area contributed by atoms with Crippen molar-refractivity contribution in [1.29, 1.82) is 0 Å². The molecule has 0 spiro atoms. The summed E-state index contributed by atoms with van der Waals surface area (Å²) in [5, 5.41) is 13.4. The van der Waals surface area contributed by atoms with Crippen LogP contribution in [-0.2, 0) is 19.6 Å². The van der Waals surface area contributed by atoms with Crippen LogP contribution in [0.4, 0.5) is 17.1 Å². The molecule has 0 aliphatic heterocycles. The van der Waals surface area contributed by atoms with Crippen LogP contribution in [-0.4, -0.2) is 45.1 Å². The molecule has 10 nitrogen and oxygen atoms in total. The van der Waals surface area contributed by atoms with E-state index >= 15 is 0 Å². The Morgan fingerprint density at radius 2 is 1.86 bits per heavy atom. The smallest absolute Gasteiger partial charge is 0.337 e. The third-order valence-electron chi connectivity index (χ3n) is 3.58. The van der Waals surface area contributed by atoms with Gasteiger partial charge in [0.15, 0.2) is 0 Å². The highest BCUT2D eigenvalue weighted by molar-refractivity contribution is 7.92. The Bertz CT molecular complexity index is 1020. The molecule has 0 atom stereocenters. The molecule has 0 saturated heterocycles. The fraction of sp³-hybridized carbons (Fsp3) is 0.176. The van der Waals surface area contributed by atoms with Crippen molar-refractivity contribution in [2.45, 2.75) is 0 Å². The van der Waals surface area contributed by atoms with Gasteiger partial charge >= 0.3 is 5.97 Å². The minimum Gasteiger partial charge on any atom is -0.465 e. The zero-order valence-corrected chi connectivity index (χ0v) is 15.8. The van der Waals surface area contributed by atoms with Gasteiger partial charge in [-0.25, -0.2) is 13.2 Å². The van der Waals surface area contributed by atoms with Crippen LogP contribution in [0.5, 0.6) is 0 Å². The number of carbonyl (C=O) groups excluding carboxylic acids is 2. The number of ether oxygens (including phenoxy) is 1. The summed E-state index contributed by atoms with van der Waals surface area (Å²) in [5.41, 5.74) is 0.145. The molecule has 2 aromatic rings. The molecule has 0 heterocycles. The number of hydrogen-bond donors (Lipinski definition) is 1. The number of nitro groups is 1. The molecule has 11 heteroatoms. The standard InChI is InChI=1S/C17H17N3O7S/c1-27-17(22)12-5-3-6-13(9-12)18-16(21)11-19(28(2,25)26)14-7-4-8-15(10-14)20(23)24/h3-10H,11H2,1-2H3,(H,18,21). The summed E-state index contributed by atoms with van der Waals surface area (Å²) in [6.45, 7) is -0.609. The Balaban J connectivity index is 2.24. The number of hydrogen-bond acceptors (Lipinski definition) is 7. The van der Waals surface area contributed by atoms with Gasteiger partial charge in [-0.2, -0.15) is 0 Å². The summed E-state index contributed by atoms with van der Waals surface area (Å²) in [4.78, 5) is 34.2. The van der Waals surface area contributed by atoms with Gasteiger partial charge in [0.2, 0.25) is 15.9 Å². The third-order valence-corrected chi connectivity index (χ3v) is 4.72. The number of benzene rings is 2. The Morgan fingerprint density at radius 3 is 2.46 bits per heavy atom. The molecule has 0 saturated carbocycles. The second-order valence-corrected chi connectivity index (χ2v) is 7.57. The molecular formula is C17H17N3O7S. The maximum atomic E-state index is 12.3. The number of nitro benzene ring substituents is 1. The number of methoxy groups -OCH3 is 1. The first-order valence-corrected chi connectivity index (χ1v) is 9.67. The number of esters is 1. The predicted octanol–water partition coefficient (Wildman–Crippen LogP) is 1.79. The number of rotatable bonds is 7. The van der Waals surface area contributed by atoms with E-state index in [1.165, 1.54) is 49.6 Å². The van der Waals surface area contributed by atoms with Crippen LogP contribution in [0.2, 0.25) is 0 Å². The minimum absolute atomic E-state index is 0.0184. The van der Waals surface area contributed by atoms with Crippen LogP contribution in [0.3, 0.4) is 0 Å². The van der Waals surface area contributed by atoms with Gasteiger partial charge in [-0.15, -0.1) is 0 Å². The second kappa shape index (κ2) is 8.48.